The molecule has 0 aromatic heterocycles. The molecule has 0 radical (unpaired) electrons. The first kappa shape index (κ1) is 13.7. The second-order valence-electron chi connectivity index (χ2n) is 3.13. The van der Waals surface area contributed by atoms with Crippen molar-refractivity contribution in [2.45, 2.75) is 27.1 Å². The summed E-state index contributed by atoms with van der Waals surface area (Å²) in [5.41, 5.74) is 0.710. The van der Waals surface area contributed by atoms with Crippen LogP contribution in [0.15, 0.2) is 28.6 Å². The van der Waals surface area contributed by atoms with Gasteiger partial charge in [0.05, 0.1) is 0 Å². The molecule has 0 aliphatic rings. The second-order valence-corrected chi connectivity index (χ2v) is 3.13. The standard InChI is InChI=1S/C10H14F3NO/c1-5-8(7(2)3)6-9(14-4)15-10(11,12)13/h5-7H,4H2,1-3H3/b8-5+,9-6+. The van der Waals surface area contributed by atoms with Crippen LogP contribution in [0.25, 0.3) is 0 Å². The number of hydrogen-bond donors (Lipinski definition) is 0. The summed E-state index contributed by atoms with van der Waals surface area (Å²) in [4.78, 5) is 3.17. The molecule has 0 amide bonds. The van der Waals surface area contributed by atoms with Gasteiger partial charge in [-0.05, 0) is 25.1 Å². The minimum absolute atomic E-state index is 0.101. The van der Waals surface area contributed by atoms with Crippen molar-refractivity contribution in [2.24, 2.45) is 10.9 Å². The summed E-state index contributed by atoms with van der Waals surface area (Å²) < 4.78 is 39.3. The van der Waals surface area contributed by atoms with Crippen molar-refractivity contribution in [2.75, 3.05) is 0 Å². The van der Waals surface area contributed by atoms with Crippen LogP contribution in [0.3, 0.4) is 0 Å². The van der Waals surface area contributed by atoms with Crippen LogP contribution >= 0.6 is 0 Å². The van der Waals surface area contributed by atoms with E-state index < -0.39 is 12.2 Å². The fourth-order valence-corrected chi connectivity index (χ4v) is 0.952. The van der Waals surface area contributed by atoms with Crippen molar-refractivity contribution < 1.29 is 17.9 Å². The van der Waals surface area contributed by atoms with E-state index in [1.807, 2.05) is 13.8 Å². The van der Waals surface area contributed by atoms with Gasteiger partial charge in [-0.2, -0.15) is 0 Å². The molecule has 0 aliphatic heterocycles. The van der Waals surface area contributed by atoms with Crippen molar-refractivity contribution in [3.8, 4) is 0 Å². The van der Waals surface area contributed by atoms with E-state index in [9.17, 15) is 13.2 Å². The minimum Gasteiger partial charge on any atom is -0.388 e. The van der Waals surface area contributed by atoms with Gasteiger partial charge in [-0.15, -0.1) is 13.2 Å². The van der Waals surface area contributed by atoms with Crippen molar-refractivity contribution in [3.63, 3.8) is 0 Å². The predicted molar refractivity (Wildman–Crippen MR) is 53.4 cm³/mol. The number of allylic oxidation sites excluding steroid dienone is 3. The summed E-state index contributed by atoms with van der Waals surface area (Å²) in [6, 6.07) is 0. The zero-order valence-corrected chi connectivity index (χ0v) is 8.93. The van der Waals surface area contributed by atoms with Crippen molar-refractivity contribution >= 4 is 6.72 Å². The quantitative estimate of drug-likeness (QED) is 0.403. The monoisotopic (exact) mass is 221 g/mol. The lowest BCUT2D eigenvalue weighted by Crippen LogP contribution is -2.12. The molecule has 0 atom stereocenters. The molecule has 0 heterocycles. The molecule has 0 aromatic rings. The highest BCUT2D eigenvalue weighted by atomic mass is 19.4. The van der Waals surface area contributed by atoms with Gasteiger partial charge in [0.1, 0.15) is 0 Å². The van der Waals surface area contributed by atoms with Crippen LogP contribution in [0, 0.1) is 5.92 Å². The number of alkyl halides is 3. The Morgan fingerprint density at radius 2 is 1.93 bits per heavy atom. The second kappa shape index (κ2) is 5.58. The average molecular weight is 221 g/mol. The van der Waals surface area contributed by atoms with Gasteiger partial charge in [0, 0.05) is 6.08 Å². The maximum Gasteiger partial charge on any atom is 0.574 e. The predicted octanol–water partition coefficient (Wildman–Crippen LogP) is 3.67. The average Bonchev–Trinajstić information content (AvgIpc) is 2.09. The first-order valence-electron chi connectivity index (χ1n) is 4.40. The number of nitrogens with zero attached hydrogens (tertiary/aromatic N) is 1. The summed E-state index contributed by atoms with van der Waals surface area (Å²) in [6.45, 7) is 8.48. The molecule has 0 bridgehead atoms. The molecule has 2 nitrogen and oxygen atoms in total. The summed E-state index contributed by atoms with van der Waals surface area (Å²) in [5.74, 6) is -0.437. The summed E-state index contributed by atoms with van der Waals surface area (Å²) in [6.07, 6.45) is -1.80. The van der Waals surface area contributed by atoms with Gasteiger partial charge in [0.15, 0.2) is 0 Å². The normalized spacial score (nSPS) is 14.3. The van der Waals surface area contributed by atoms with Crippen LogP contribution in [0.1, 0.15) is 20.8 Å². The molecule has 0 spiro atoms. The molecule has 0 fully saturated rings. The van der Waals surface area contributed by atoms with E-state index >= 15 is 0 Å². The lowest BCUT2D eigenvalue weighted by Gasteiger charge is -2.10. The smallest absolute Gasteiger partial charge is 0.388 e. The van der Waals surface area contributed by atoms with E-state index in [0.29, 0.717) is 5.57 Å². The van der Waals surface area contributed by atoms with Gasteiger partial charge in [-0.25, -0.2) is 4.99 Å². The first-order chi connectivity index (χ1) is 6.80. The third-order valence-electron chi connectivity index (χ3n) is 1.67. The molecular weight excluding hydrogens is 207 g/mol. The minimum atomic E-state index is -4.73. The largest absolute Gasteiger partial charge is 0.574 e. The van der Waals surface area contributed by atoms with E-state index in [-0.39, 0.29) is 5.92 Å². The molecule has 0 rings (SSSR count). The van der Waals surface area contributed by atoms with Crippen LogP contribution in [0.4, 0.5) is 13.2 Å². The fraction of sp³-hybridized carbons (Fsp3) is 0.500. The van der Waals surface area contributed by atoms with Crippen LogP contribution in [-0.2, 0) is 4.74 Å². The van der Waals surface area contributed by atoms with Crippen LogP contribution in [0.5, 0.6) is 0 Å². The number of aliphatic imine (C=N–C) groups is 1. The van der Waals surface area contributed by atoms with Crippen LogP contribution < -0.4 is 0 Å². The Kier molecular flexibility index (Phi) is 5.11. The van der Waals surface area contributed by atoms with Gasteiger partial charge < -0.3 is 4.74 Å². The number of halogens is 3. The summed E-state index contributed by atoms with van der Waals surface area (Å²) in [7, 11) is 0. The van der Waals surface area contributed by atoms with E-state index in [2.05, 4.69) is 16.4 Å². The van der Waals surface area contributed by atoms with Gasteiger partial charge in [-0.1, -0.05) is 19.9 Å². The Bertz CT molecular complexity index is 277. The molecule has 5 heteroatoms. The number of ether oxygens (including phenoxy) is 1. The highest BCUT2D eigenvalue weighted by molar-refractivity contribution is 5.31. The Balaban J connectivity index is 4.81. The molecule has 86 valence electrons. The SMILES string of the molecule is C=N/C(=C\C(=C/C)C(C)C)OC(F)(F)F. The van der Waals surface area contributed by atoms with Gasteiger partial charge in [0.2, 0.25) is 5.88 Å². The molecule has 0 saturated carbocycles. The van der Waals surface area contributed by atoms with Gasteiger partial charge >= 0.3 is 6.36 Å². The Morgan fingerprint density at radius 3 is 2.20 bits per heavy atom. The van der Waals surface area contributed by atoms with Crippen molar-refractivity contribution in [3.05, 3.63) is 23.6 Å². The summed E-state index contributed by atoms with van der Waals surface area (Å²) >= 11 is 0. The Labute approximate surface area is 87.1 Å². The molecule has 0 saturated heterocycles. The highest BCUT2D eigenvalue weighted by Crippen LogP contribution is 2.23. The molecule has 0 aliphatic carbocycles. The molecule has 0 unspecified atom stereocenters. The Morgan fingerprint density at radius 1 is 1.40 bits per heavy atom. The topological polar surface area (TPSA) is 21.6 Å². The summed E-state index contributed by atoms with van der Waals surface area (Å²) in [5, 5.41) is 0. The van der Waals surface area contributed by atoms with E-state index in [0.717, 1.165) is 0 Å². The van der Waals surface area contributed by atoms with Crippen molar-refractivity contribution in [1.82, 2.24) is 0 Å². The molecule has 0 N–H and O–H groups in total. The lowest BCUT2D eigenvalue weighted by molar-refractivity contribution is -0.305. The third kappa shape index (κ3) is 5.93. The number of hydrogen-bond acceptors (Lipinski definition) is 2. The molecule has 15 heavy (non-hydrogen) atoms. The highest BCUT2D eigenvalue weighted by Gasteiger charge is 2.32. The third-order valence-corrected chi connectivity index (χ3v) is 1.67. The van der Waals surface area contributed by atoms with E-state index in [1.54, 1.807) is 13.0 Å². The maximum atomic E-state index is 11.9. The lowest BCUT2D eigenvalue weighted by atomic mass is 10.0. The fourth-order valence-electron chi connectivity index (χ4n) is 0.952. The van der Waals surface area contributed by atoms with Gasteiger partial charge in [0.25, 0.3) is 0 Å². The molecular formula is C10H14F3NO. The Hall–Kier alpha value is -1.26. The van der Waals surface area contributed by atoms with Crippen LogP contribution in [-0.4, -0.2) is 13.1 Å². The van der Waals surface area contributed by atoms with Crippen LogP contribution in [0.2, 0.25) is 0 Å². The van der Waals surface area contributed by atoms with Gasteiger partial charge in [-0.3, -0.25) is 0 Å². The number of rotatable bonds is 4. The van der Waals surface area contributed by atoms with E-state index in [1.165, 1.54) is 6.08 Å². The zero-order valence-electron chi connectivity index (χ0n) is 8.93. The zero-order chi connectivity index (χ0) is 12.1. The maximum absolute atomic E-state index is 11.9. The van der Waals surface area contributed by atoms with E-state index in [4.69, 9.17) is 0 Å². The van der Waals surface area contributed by atoms with Crippen molar-refractivity contribution in [1.29, 1.82) is 0 Å². The first-order valence-corrected chi connectivity index (χ1v) is 4.40. The molecule has 0 aromatic carbocycles.